The van der Waals surface area contributed by atoms with Crippen molar-refractivity contribution in [3.63, 3.8) is 0 Å². The van der Waals surface area contributed by atoms with Crippen molar-refractivity contribution in [1.82, 2.24) is 0 Å². The van der Waals surface area contributed by atoms with Crippen LogP contribution in [0.1, 0.15) is 52.4 Å². The van der Waals surface area contributed by atoms with Gasteiger partial charge in [0.1, 0.15) is 5.78 Å². The fraction of sp³-hybridized carbons (Fsp3) is 0.850. The third kappa shape index (κ3) is 2.01. The molecule has 5 nitrogen and oxygen atoms in total. The Hall–Kier alpha value is -0.750. The number of rotatable bonds is 1. The maximum atomic E-state index is 13.3. The Kier molecular flexibility index (Phi) is 4.28. The Balaban J connectivity index is 0.00000182. The zero-order valence-electron chi connectivity index (χ0n) is 15.3. The van der Waals surface area contributed by atoms with Gasteiger partial charge in [-0.2, -0.15) is 0 Å². The fourth-order valence-electron chi connectivity index (χ4n) is 7.29. The highest BCUT2D eigenvalue weighted by Gasteiger charge is 2.72. The lowest BCUT2D eigenvalue weighted by Gasteiger charge is -2.69. The highest BCUT2D eigenvalue weighted by Crippen LogP contribution is 2.70. The molecule has 5 fully saturated rings. The molecule has 0 amide bonds. The normalized spacial score (nSPS) is 54.5. The van der Waals surface area contributed by atoms with Crippen molar-refractivity contribution < 1.29 is 25.6 Å². The number of carbonyl (C=O) groups is 1. The third-order valence-electron chi connectivity index (χ3n) is 8.61. The first kappa shape index (κ1) is 19.0. The highest BCUT2D eigenvalue weighted by molar-refractivity contribution is 5.89. The molecule has 5 aliphatic carbocycles. The molecular formula is C20H32O5. The molecule has 142 valence electrons. The van der Waals surface area contributed by atoms with E-state index < -0.39 is 17.6 Å². The quantitative estimate of drug-likeness (QED) is 0.617. The summed E-state index contributed by atoms with van der Waals surface area (Å²) in [6, 6.07) is 0. The van der Waals surface area contributed by atoms with E-state index >= 15 is 0 Å². The number of fused-ring (bicyclic) bond motifs is 3. The predicted octanol–water partition coefficient (Wildman–Crippen LogP) is 1.24. The summed E-state index contributed by atoms with van der Waals surface area (Å²) in [5.74, 6) is 0.207. The molecule has 5 saturated carbocycles. The van der Waals surface area contributed by atoms with Crippen LogP contribution < -0.4 is 0 Å². The summed E-state index contributed by atoms with van der Waals surface area (Å²) >= 11 is 0. The summed E-state index contributed by atoms with van der Waals surface area (Å²) in [4.78, 5) is 13.3. The minimum atomic E-state index is -1.06. The molecule has 0 aromatic carbocycles. The van der Waals surface area contributed by atoms with Gasteiger partial charge in [-0.3, -0.25) is 4.79 Å². The minimum absolute atomic E-state index is 0. The number of aliphatic hydroxyl groups excluding tert-OH is 3. The maximum absolute atomic E-state index is 13.3. The first-order chi connectivity index (χ1) is 11.2. The molecule has 1 spiro atoms. The topological polar surface area (TPSA) is 109 Å². The van der Waals surface area contributed by atoms with Crippen LogP contribution >= 0.6 is 0 Å². The molecule has 0 aromatic rings. The van der Waals surface area contributed by atoms with Gasteiger partial charge in [-0.1, -0.05) is 26.8 Å². The molecule has 5 heteroatoms. The third-order valence-corrected chi connectivity index (χ3v) is 8.61. The number of Topliss-reactive ketones (excluding diaryl/α,β-unsaturated/α-hetero) is 1. The average Bonchev–Trinajstić information content (AvgIpc) is 2.54. The van der Waals surface area contributed by atoms with Crippen LogP contribution in [0, 0.1) is 34.0 Å². The second kappa shape index (κ2) is 5.62. The zero-order valence-corrected chi connectivity index (χ0v) is 15.3. The molecule has 5 aliphatic rings. The molecule has 5 N–H and O–H groups in total. The van der Waals surface area contributed by atoms with Crippen LogP contribution in [-0.2, 0) is 4.79 Å². The Morgan fingerprint density at radius 3 is 2.48 bits per heavy atom. The number of hydrogen-bond acceptors (Lipinski definition) is 4. The molecule has 2 bridgehead atoms. The Morgan fingerprint density at radius 2 is 1.84 bits per heavy atom. The van der Waals surface area contributed by atoms with Gasteiger partial charge in [0.25, 0.3) is 0 Å². The van der Waals surface area contributed by atoms with E-state index in [0.717, 1.165) is 31.3 Å². The van der Waals surface area contributed by atoms with E-state index in [-0.39, 0.29) is 46.5 Å². The largest absolute Gasteiger partial charge is 0.412 e. The van der Waals surface area contributed by atoms with Crippen molar-refractivity contribution in [3.8, 4) is 0 Å². The minimum Gasteiger partial charge on any atom is -0.412 e. The maximum Gasteiger partial charge on any atom is 0.145 e. The molecule has 0 heterocycles. The van der Waals surface area contributed by atoms with Gasteiger partial charge in [0.15, 0.2) is 0 Å². The average molecular weight is 352 g/mol. The SMILES string of the molecule is C=C1[C@H]2C[C@@H](O)[C@@]3(C(=O)C[C@@H]4[C@](C)(CO)CCC[C@@]4(C)[C@@H]3C2)[C@@H]1O.O. The standard InChI is InChI=1S/C20H30O4.H2O/c1-11-12-7-14-19(3)6-4-5-18(2,10-21)13(19)9-16(23)20(14,17(11)24)15(22)8-12;/h12-15,17,21-22,24H,1,4-10H2,2-3H3;1H2/t12-,13-,14+,15-,17-,18+,19-,20+;/m1./s1. The van der Waals surface area contributed by atoms with E-state index in [4.69, 9.17) is 0 Å². The van der Waals surface area contributed by atoms with Crippen molar-refractivity contribution in [2.75, 3.05) is 6.61 Å². The second-order valence-electron chi connectivity index (χ2n) is 9.50. The molecule has 5 rings (SSSR count). The zero-order chi connectivity index (χ0) is 17.5. The van der Waals surface area contributed by atoms with E-state index in [9.17, 15) is 20.1 Å². The van der Waals surface area contributed by atoms with Gasteiger partial charge >= 0.3 is 0 Å². The molecule has 0 unspecified atom stereocenters. The Bertz CT molecular complexity index is 603. The van der Waals surface area contributed by atoms with Crippen LogP contribution in [0.2, 0.25) is 0 Å². The Labute approximate surface area is 149 Å². The van der Waals surface area contributed by atoms with Gasteiger partial charge in [-0.05, 0) is 59.8 Å². The lowest BCUT2D eigenvalue weighted by molar-refractivity contribution is -0.233. The summed E-state index contributed by atoms with van der Waals surface area (Å²) in [7, 11) is 0. The highest BCUT2D eigenvalue weighted by atomic mass is 16.3. The van der Waals surface area contributed by atoms with E-state index in [1.54, 1.807) is 0 Å². The predicted molar refractivity (Wildman–Crippen MR) is 93.7 cm³/mol. The van der Waals surface area contributed by atoms with Crippen LogP contribution in [0.3, 0.4) is 0 Å². The van der Waals surface area contributed by atoms with Crippen LogP contribution in [0.15, 0.2) is 12.2 Å². The number of aliphatic hydroxyl groups is 3. The first-order valence-corrected chi connectivity index (χ1v) is 9.41. The Morgan fingerprint density at radius 1 is 1.16 bits per heavy atom. The van der Waals surface area contributed by atoms with Gasteiger partial charge in [0, 0.05) is 13.0 Å². The van der Waals surface area contributed by atoms with Crippen LogP contribution in [0.4, 0.5) is 0 Å². The van der Waals surface area contributed by atoms with Crippen LogP contribution in [0.5, 0.6) is 0 Å². The van der Waals surface area contributed by atoms with E-state index in [1.807, 2.05) is 0 Å². The second-order valence-corrected chi connectivity index (χ2v) is 9.50. The van der Waals surface area contributed by atoms with Gasteiger partial charge in [0.2, 0.25) is 0 Å². The van der Waals surface area contributed by atoms with Crippen molar-refractivity contribution >= 4 is 5.78 Å². The molecule has 0 aromatic heterocycles. The van der Waals surface area contributed by atoms with Gasteiger partial charge in [0.05, 0.1) is 17.6 Å². The summed E-state index contributed by atoms with van der Waals surface area (Å²) in [5.41, 5.74) is -0.684. The molecule has 0 saturated heterocycles. The lowest BCUT2D eigenvalue weighted by atomic mass is 9.35. The molecule has 8 atom stereocenters. The fourth-order valence-corrected chi connectivity index (χ4v) is 7.29. The lowest BCUT2D eigenvalue weighted by Crippen LogP contribution is -2.72. The van der Waals surface area contributed by atoms with Gasteiger partial charge in [-0.15, -0.1) is 0 Å². The van der Waals surface area contributed by atoms with E-state index in [2.05, 4.69) is 20.4 Å². The molecule has 25 heavy (non-hydrogen) atoms. The number of carbonyl (C=O) groups excluding carboxylic acids is 1. The van der Waals surface area contributed by atoms with Crippen LogP contribution in [0.25, 0.3) is 0 Å². The van der Waals surface area contributed by atoms with Crippen molar-refractivity contribution in [2.45, 2.75) is 64.6 Å². The monoisotopic (exact) mass is 352 g/mol. The van der Waals surface area contributed by atoms with Gasteiger partial charge < -0.3 is 20.8 Å². The number of hydrogen-bond donors (Lipinski definition) is 3. The molecule has 0 radical (unpaired) electrons. The molecular weight excluding hydrogens is 320 g/mol. The summed E-state index contributed by atoms with van der Waals surface area (Å²) in [6.45, 7) is 8.50. The first-order valence-electron chi connectivity index (χ1n) is 9.41. The van der Waals surface area contributed by atoms with E-state index in [1.165, 1.54) is 0 Å². The van der Waals surface area contributed by atoms with Crippen LogP contribution in [-0.4, -0.2) is 45.4 Å². The van der Waals surface area contributed by atoms with Gasteiger partial charge in [-0.25, -0.2) is 0 Å². The van der Waals surface area contributed by atoms with Crippen molar-refractivity contribution in [3.05, 3.63) is 12.2 Å². The van der Waals surface area contributed by atoms with Crippen molar-refractivity contribution in [1.29, 1.82) is 0 Å². The summed E-state index contributed by atoms with van der Waals surface area (Å²) in [5, 5.41) is 31.9. The summed E-state index contributed by atoms with van der Waals surface area (Å²) < 4.78 is 0. The molecule has 0 aliphatic heterocycles. The summed E-state index contributed by atoms with van der Waals surface area (Å²) in [6.07, 6.45) is 3.04. The van der Waals surface area contributed by atoms with E-state index in [0.29, 0.717) is 12.8 Å². The van der Waals surface area contributed by atoms with Crippen molar-refractivity contribution in [2.24, 2.45) is 34.0 Å². The smallest absolute Gasteiger partial charge is 0.145 e. The number of ketones is 1.